The Bertz CT molecular complexity index is 198. The molecule has 0 aliphatic heterocycles. The van der Waals surface area contributed by atoms with Gasteiger partial charge in [0, 0.05) is 12.1 Å². The van der Waals surface area contributed by atoms with Crippen LogP contribution in [0.1, 0.15) is 46.0 Å². The molecule has 15 heavy (non-hydrogen) atoms. The van der Waals surface area contributed by atoms with Crippen molar-refractivity contribution < 1.29 is 9.53 Å². The van der Waals surface area contributed by atoms with E-state index in [0.717, 1.165) is 32.1 Å². The molecule has 1 unspecified atom stereocenters. The average molecular weight is 213 g/mol. The number of hydrogen-bond donors (Lipinski definition) is 1. The average Bonchev–Trinajstić information content (AvgIpc) is 2.29. The molecule has 1 atom stereocenters. The lowest BCUT2D eigenvalue weighted by molar-refractivity contribution is -0.146. The first kappa shape index (κ1) is 12.5. The van der Waals surface area contributed by atoms with E-state index >= 15 is 0 Å². The van der Waals surface area contributed by atoms with Crippen molar-refractivity contribution in [2.45, 2.75) is 58.0 Å². The number of ether oxygens (including phenoxy) is 1. The summed E-state index contributed by atoms with van der Waals surface area (Å²) in [6, 6.07) is 1.19. The number of carbonyl (C=O) groups excluding carboxylic acids is 1. The number of esters is 1. The van der Waals surface area contributed by atoms with E-state index in [-0.39, 0.29) is 11.9 Å². The van der Waals surface area contributed by atoms with Crippen molar-refractivity contribution in [2.24, 2.45) is 5.92 Å². The van der Waals surface area contributed by atoms with Crippen LogP contribution in [-0.4, -0.2) is 25.2 Å². The Kier molecular flexibility index (Phi) is 5.09. The lowest BCUT2D eigenvalue weighted by Crippen LogP contribution is -2.39. The van der Waals surface area contributed by atoms with Crippen molar-refractivity contribution in [3.05, 3.63) is 0 Å². The minimum Gasteiger partial charge on any atom is -0.469 e. The Balaban J connectivity index is 2.26. The van der Waals surface area contributed by atoms with Crippen LogP contribution in [0.15, 0.2) is 0 Å². The summed E-state index contributed by atoms with van der Waals surface area (Å²) in [5, 5.41) is 3.59. The minimum absolute atomic E-state index is 0.0306. The van der Waals surface area contributed by atoms with Gasteiger partial charge in [-0.2, -0.15) is 0 Å². The molecule has 1 aliphatic carbocycles. The van der Waals surface area contributed by atoms with E-state index in [1.54, 1.807) is 0 Å². The van der Waals surface area contributed by atoms with Gasteiger partial charge in [-0.15, -0.1) is 0 Å². The van der Waals surface area contributed by atoms with Crippen LogP contribution in [0.2, 0.25) is 0 Å². The first-order valence-electron chi connectivity index (χ1n) is 6.01. The first-order valence-corrected chi connectivity index (χ1v) is 6.01. The molecule has 0 amide bonds. The maximum atomic E-state index is 11.3. The van der Waals surface area contributed by atoms with E-state index in [0.29, 0.717) is 12.1 Å². The van der Waals surface area contributed by atoms with Gasteiger partial charge in [-0.3, -0.25) is 4.79 Å². The predicted octanol–water partition coefficient (Wildman–Crippen LogP) is 2.11. The first-order chi connectivity index (χ1) is 7.17. The summed E-state index contributed by atoms with van der Waals surface area (Å²) in [4.78, 5) is 11.3. The van der Waals surface area contributed by atoms with Crippen LogP contribution in [0.3, 0.4) is 0 Å². The Morgan fingerprint density at radius 3 is 2.47 bits per heavy atom. The Morgan fingerprint density at radius 1 is 1.40 bits per heavy atom. The van der Waals surface area contributed by atoms with E-state index in [9.17, 15) is 4.79 Å². The van der Waals surface area contributed by atoms with Gasteiger partial charge in [0.2, 0.25) is 0 Å². The van der Waals surface area contributed by atoms with E-state index < -0.39 is 0 Å². The van der Waals surface area contributed by atoms with Crippen LogP contribution in [0.25, 0.3) is 0 Å². The molecule has 3 nitrogen and oxygen atoms in total. The molecule has 0 radical (unpaired) electrons. The van der Waals surface area contributed by atoms with E-state index in [1.807, 2.05) is 0 Å². The SMILES string of the molecule is CCC(C)NC1CCC(C(=O)OC)CC1. The van der Waals surface area contributed by atoms with Crippen molar-refractivity contribution in [3.8, 4) is 0 Å². The van der Waals surface area contributed by atoms with Crippen molar-refractivity contribution in [3.63, 3.8) is 0 Å². The smallest absolute Gasteiger partial charge is 0.308 e. The lowest BCUT2D eigenvalue weighted by Gasteiger charge is -2.29. The zero-order valence-corrected chi connectivity index (χ0v) is 10.1. The third kappa shape index (κ3) is 3.82. The molecular weight excluding hydrogens is 190 g/mol. The molecule has 3 heteroatoms. The second kappa shape index (κ2) is 6.11. The Morgan fingerprint density at radius 2 is 2.00 bits per heavy atom. The largest absolute Gasteiger partial charge is 0.469 e. The van der Waals surface area contributed by atoms with E-state index in [1.165, 1.54) is 7.11 Å². The zero-order valence-electron chi connectivity index (χ0n) is 10.1. The van der Waals surface area contributed by atoms with Crippen LogP contribution in [0, 0.1) is 5.92 Å². The summed E-state index contributed by atoms with van der Waals surface area (Å²) in [5.41, 5.74) is 0. The molecule has 0 spiro atoms. The summed E-state index contributed by atoms with van der Waals surface area (Å²) in [7, 11) is 1.48. The molecule has 1 fully saturated rings. The highest BCUT2D eigenvalue weighted by Gasteiger charge is 2.26. The van der Waals surface area contributed by atoms with Crippen LogP contribution in [0.5, 0.6) is 0 Å². The van der Waals surface area contributed by atoms with Crippen LogP contribution < -0.4 is 5.32 Å². The van der Waals surface area contributed by atoms with Gasteiger partial charge in [0.15, 0.2) is 0 Å². The summed E-state index contributed by atoms with van der Waals surface area (Å²) >= 11 is 0. The molecule has 0 bridgehead atoms. The molecule has 0 saturated heterocycles. The Hall–Kier alpha value is -0.570. The lowest BCUT2D eigenvalue weighted by atomic mass is 9.86. The fraction of sp³-hybridized carbons (Fsp3) is 0.917. The van der Waals surface area contributed by atoms with Crippen molar-refractivity contribution in [1.29, 1.82) is 0 Å². The highest BCUT2D eigenvalue weighted by Crippen LogP contribution is 2.25. The van der Waals surface area contributed by atoms with Gasteiger partial charge in [-0.05, 0) is 39.0 Å². The van der Waals surface area contributed by atoms with E-state index in [2.05, 4.69) is 19.2 Å². The molecule has 0 aromatic rings. The molecule has 0 aromatic carbocycles. The molecular formula is C12H23NO2. The van der Waals surface area contributed by atoms with Crippen molar-refractivity contribution in [1.82, 2.24) is 5.32 Å². The minimum atomic E-state index is -0.0306. The third-order valence-electron chi connectivity index (χ3n) is 3.39. The van der Waals surface area contributed by atoms with Gasteiger partial charge in [-0.25, -0.2) is 0 Å². The fourth-order valence-electron chi connectivity index (χ4n) is 2.18. The number of carbonyl (C=O) groups is 1. The van der Waals surface area contributed by atoms with Crippen molar-refractivity contribution >= 4 is 5.97 Å². The molecule has 88 valence electrons. The van der Waals surface area contributed by atoms with Crippen molar-refractivity contribution in [2.75, 3.05) is 7.11 Å². The molecule has 0 aromatic heterocycles. The van der Waals surface area contributed by atoms with Gasteiger partial charge in [0.1, 0.15) is 0 Å². The molecule has 1 saturated carbocycles. The maximum absolute atomic E-state index is 11.3. The van der Waals surface area contributed by atoms with Gasteiger partial charge in [-0.1, -0.05) is 6.92 Å². The number of methoxy groups -OCH3 is 1. The van der Waals surface area contributed by atoms with Crippen LogP contribution in [0.4, 0.5) is 0 Å². The van der Waals surface area contributed by atoms with Crippen LogP contribution in [-0.2, 0) is 9.53 Å². The summed E-state index contributed by atoms with van der Waals surface area (Å²) in [6.45, 7) is 4.41. The fourth-order valence-corrected chi connectivity index (χ4v) is 2.18. The zero-order chi connectivity index (χ0) is 11.3. The maximum Gasteiger partial charge on any atom is 0.308 e. The standard InChI is InChI=1S/C12H23NO2/c1-4-9(2)13-11-7-5-10(6-8-11)12(14)15-3/h9-11,13H,4-8H2,1-3H3. The topological polar surface area (TPSA) is 38.3 Å². The summed E-state index contributed by atoms with van der Waals surface area (Å²) < 4.78 is 4.77. The monoisotopic (exact) mass is 213 g/mol. The quantitative estimate of drug-likeness (QED) is 0.727. The summed E-state index contributed by atoms with van der Waals surface area (Å²) in [5.74, 6) is 0.113. The van der Waals surface area contributed by atoms with Gasteiger partial charge >= 0.3 is 5.97 Å². The molecule has 1 rings (SSSR count). The van der Waals surface area contributed by atoms with Gasteiger partial charge in [0.25, 0.3) is 0 Å². The highest BCUT2D eigenvalue weighted by atomic mass is 16.5. The second-order valence-electron chi connectivity index (χ2n) is 4.55. The van der Waals surface area contributed by atoms with E-state index in [4.69, 9.17) is 4.74 Å². The third-order valence-corrected chi connectivity index (χ3v) is 3.39. The molecule has 1 N–H and O–H groups in total. The highest BCUT2D eigenvalue weighted by molar-refractivity contribution is 5.72. The number of nitrogens with one attached hydrogen (secondary N) is 1. The number of rotatable bonds is 4. The normalized spacial score (nSPS) is 28.5. The van der Waals surface area contributed by atoms with Gasteiger partial charge < -0.3 is 10.1 Å². The number of hydrogen-bond acceptors (Lipinski definition) is 3. The van der Waals surface area contributed by atoms with Gasteiger partial charge in [0.05, 0.1) is 13.0 Å². The molecule has 0 heterocycles. The van der Waals surface area contributed by atoms with Crippen LogP contribution >= 0.6 is 0 Å². The second-order valence-corrected chi connectivity index (χ2v) is 4.55. The summed E-state index contributed by atoms with van der Waals surface area (Å²) in [6.07, 6.45) is 5.31. The molecule has 1 aliphatic rings. The predicted molar refractivity (Wildman–Crippen MR) is 60.7 cm³/mol. The Labute approximate surface area is 92.6 Å².